The summed E-state index contributed by atoms with van der Waals surface area (Å²) in [7, 11) is 0. The third kappa shape index (κ3) is 37.4. The van der Waals surface area contributed by atoms with Gasteiger partial charge in [0.1, 0.15) is 5.78 Å². The second-order valence-corrected chi connectivity index (χ2v) is 15.2. The zero-order chi connectivity index (χ0) is 45.6. The summed E-state index contributed by atoms with van der Waals surface area (Å²) < 4.78 is 33.1. The molecule has 1 aliphatic rings. The summed E-state index contributed by atoms with van der Waals surface area (Å²) in [6.45, 7) is 11.2. The molecule has 0 saturated carbocycles. The Morgan fingerprint density at radius 2 is 0.762 bits per heavy atom. The van der Waals surface area contributed by atoms with Gasteiger partial charge in [-0.1, -0.05) is 6.92 Å². The van der Waals surface area contributed by atoms with Crippen LogP contribution in [-0.2, 0) is 57.2 Å². The van der Waals surface area contributed by atoms with Gasteiger partial charge in [0.05, 0.1) is 83.9 Å². The molecule has 21 heteroatoms. The number of carbonyl (C=O) groups is 6. The van der Waals surface area contributed by atoms with Gasteiger partial charge in [0, 0.05) is 125 Å². The van der Waals surface area contributed by atoms with Crippen molar-refractivity contribution in [2.75, 3.05) is 171 Å². The van der Waals surface area contributed by atoms with Gasteiger partial charge in [0.25, 0.3) is 0 Å². The molecule has 360 valence electrons. The van der Waals surface area contributed by atoms with Gasteiger partial charge in [-0.2, -0.15) is 0 Å². The Morgan fingerprint density at radius 3 is 1.11 bits per heavy atom. The predicted octanol–water partition coefficient (Wildman–Crippen LogP) is -3.70. The normalized spacial score (nSPS) is 15.0. The molecule has 1 rings (SSSR count). The Balaban J connectivity index is 0.0000384. The first-order chi connectivity index (χ1) is 29.9. The van der Waals surface area contributed by atoms with E-state index in [1.807, 2.05) is 4.90 Å². The molecule has 0 aliphatic carbocycles. The minimum atomic E-state index is -1.29. The van der Waals surface area contributed by atoms with Gasteiger partial charge >= 0.3 is 19.8 Å². The van der Waals surface area contributed by atoms with Crippen LogP contribution < -0.4 is 15.3 Å². The topological polar surface area (TPSA) is 243 Å². The average Bonchev–Trinajstić information content (AvgIpc) is 3.21. The van der Waals surface area contributed by atoms with Crippen molar-refractivity contribution in [3.05, 3.63) is 0 Å². The predicted molar refractivity (Wildman–Crippen MR) is 226 cm³/mol. The second kappa shape index (κ2) is 40.9. The monoisotopic (exact) mass is 957 g/mol. The Morgan fingerprint density at radius 1 is 0.444 bits per heavy atom. The number of carboxylic acid groups (broad SMARTS) is 3. The van der Waals surface area contributed by atoms with E-state index in [0.29, 0.717) is 144 Å². The van der Waals surface area contributed by atoms with Crippen molar-refractivity contribution in [3.63, 3.8) is 0 Å². The van der Waals surface area contributed by atoms with E-state index in [-0.39, 0.29) is 96.2 Å². The smallest absolute Gasteiger partial charge is 0.549 e. The number of ether oxygens (including phenoxy) is 6. The van der Waals surface area contributed by atoms with Crippen molar-refractivity contribution in [2.24, 2.45) is 0 Å². The van der Waals surface area contributed by atoms with E-state index >= 15 is 0 Å². The van der Waals surface area contributed by atoms with Crippen molar-refractivity contribution >= 4 is 55.2 Å². The number of unbranched alkanes of at least 4 members (excludes halogenated alkanes) is 2. The van der Waals surface area contributed by atoms with Gasteiger partial charge in [0.15, 0.2) is 5.78 Å². The van der Waals surface area contributed by atoms with E-state index in [2.05, 4.69) is 6.92 Å². The summed E-state index contributed by atoms with van der Waals surface area (Å²) in [5.41, 5.74) is 0. The molecule has 1 saturated heterocycles. The van der Waals surface area contributed by atoms with E-state index in [9.17, 15) is 44.1 Å². The van der Waals surface area contributed by atoms with Crippen molar-refractivity contribution in [3.8, 4) is 0 Å². The standard InChI is InChI=1S/C42H77N5O15.Ga/c1-3-20-57-24-28-61-31-27-60-23-8-11-47(37(2)48)33-39(50)10-5-7-22-59-26-30-62-29-25-58-21-6-4-9-38(49)32-43-12-14-44(34-40(51)52)16-18-46(36-42(55)56)19-17-45(15-13-43)35-41(53)54;/h3-36H2,1-2H3,(H,51,52)(H,53,54)(H,55,56);/q;+3/p-3. The Hall–Kier alpha value is -2.54. The summed E-state index contributed by atoms with van der Waals surface area (Å²) in [4.78, 5) is 79.6. The molecule has 0 bridgehead atoms. The molecule has 0 aromatic carbocycles. The summed E-state index contributed by atoms with van der Waals surface area (Å²) in [5.74, 6) is -3.95. The molecule has 0 atom stereocenters. The molecule has 1 heterocycles. The summed E-state index contributed by atoms with van der Waals surface area (Å²) in [6, 6.07) is 0. The van der Waals surface area contributed by atoms with E-state index in [0.717, 1.165) is 19.4 Å². The third-order valence-corrected chi connectivity index (χ3v) is 9.74. The van der Waals surface area contributed by atoms with Gasteiger partial charge in [-0.05, 0) is 38.5 Å². The molecule has 0 spiro atoms. The van der Waals surface area contributed by atoms with Gasteiger partial charge in [-0.3, -0.25) is 34.0 Å². The largest absolute Gasteiger partial charge is 3.00 e. The molecule has 20 nitrogen and oxygen atoms in total. The van der Waals surface area contributed by atoms with Gasteiger partial charge < -0.3 is 63.0 Å². The number of carbonyl (C=O) groups excluding carboxylic acids is 6. The fourth-order valence-electron chi connectivity index (χ4n) is 6.37. The minimum absolute atomic E-state index is 0. The van der Waals surface area contributed by atoms with Crippen LogP contribution in [-0.4, -0.2) is 251 Å². The molecule has 1 aliphatic heterocycles. The van der Waals surface area contributed by atoms with Crippen LogP contribution in [0, 0.1) is 0 Å². The van der Waals surface area contributed by atoms with Crippen molar-refractivity contribution in [1.82, 2.24) is 24.5 Å². The van der Waals surface area contributed by atoms with Crippen LogP contribution >= 0.6 is 0 Å². The molecule has 1 fully saturated rings. The number of carboxylic acids is 3. The van der Waals surface area contributed by atoms with Crippen molar-refractivity contribution in [1.29, 1.82) is 0 Å². The first-order valence-electron chi connectivity index (χ1n) is 22.1. The molecule has 0 aromatic heterocycles. The molecule has 1 amide bonds. The molecule has 63 heavy (non-hydrogen) atoms. The molecular formula is C42H74GaN5O15. The Kier molecular flexibility index (Phi) is 39.3. The minimum Gasteiger partial charge on any atom is -0.549 e. The third-order valence-electron chi connectivity index (χ3n) is 9.74. The van der Waals surface area contributed by atoms with E-state index in [1.165, 1.54) is 6.92 Å². The SMILES string of the molecule is CCCOCCOCCOCCCN(CC(=O)CCCCOCCOCCOCCCCC(=O)CN1CCN(CC(=O)[O-])CCN(CC(=O)[O-])CCN(CC(=O)[O-])CC1)C(C)=O.[Ga+3]. The number of hydrogen-bond acceptors (Lipinski definition) is 19. The van der Waals surface area contributed by atoms with Crippen LogP contribution in [0.25, 0.3) is 0 Å². The van der Waals surface area contributed by atoms with Crippen LogP contribution in [0.1, 0.15) is 65.2 Å². The maximum Gasteiger partial charge on any atom is 3.00 e. The number of aliphatic carboxylic acids is 3. The summed E-state index contributed by atoms with van der Waals surface area (Å²) >= 11 is 0. The average molecular weight is 959 g/mol. The van der Waals surface area contributed by atoms with E-state index in [4.69, 9.17) is 28.4 Å². The first kappa shape index (κ1) is 60.5. The quantitative estimate of drug-likeness (QED) is 0.0427. The van der Waals surface area contributed by atoms with E-state index < -0.39 is 17.9 Å². The molecule has 0 aromatic rings. The van der Waals surface area contributed by atoms with Crippen LogP contribution in [0.15, 0.2) is 0 Å². The number of hydrogen-bond donors (Lipinski definition) is 0. The molecule has 0 unspecified atom stereocenters. The maximum atomic E-state index is 12.9. The van der Waals surface area contributed by atoms with Gasteiger partial charge in [-0.25, -0.2) is 0 Å². The van der Waals surface area contributed by atoms with Crippen LogP contribution in [0.4, 0.5) is 0 Å². The summed E-state index contributed by atoms with van der Waals surface area (Å²) in [5, 5.41) is 34.0. The van der Waals surface area contributed by atoms with Gasteiger partial charge in [-0.15, -0.1) is 0 Å². The zero-order valence-corrected chi connectivity index (χ0v) is 40.4. The number of amides is 1. The maximum absolute atomic E-state index is 12.9. The first-order valence-corrected chi connectivity index (χ1v) is 22.1. The van der Waals surface area contributed by atoms with Gasteiger partial charge in [0.2, 0.25) is 5.91 Å². The second-order valence-electron chi connectivity index (χ2n) is 15.2. The number of ketones is 2. The number of Topliss-reactive ketones (excluding diaryl/α,β-unsaturated/α-hetero) is 2. The number of nitrogens with zero attached hydrogens (tertiary/aromatic N) is 5. The van der Waals surface area contributed by atoms with E-state index in [1.54, 1.807) is 19.6 Å². The van der Waals surface area contributed by atoms with Crippen molar-refractivity contribution in [2.45, 2.75) is 65.2 Å². The van der Waals surface area contributed by atoms with Crippen LogP contribution in [0.2, 0.25) is 0 Å². The zero-order valence-electron chi connectivity index (χ0n) is 38.0. The summed E-state index contributed by atoms with van der Waals surface area (Å²) in [6.07, 6.45) is 5.00. The Bertz CT molecular complexity index is 1210. The number of rotatable bonds is 38. The fraction of sp³-hybridized carbons (Fsp3) is 0.857. The molecular weight excluding hydrogens is 884 g/mol. The molecule has 0 N–H and O–H groups in total. The van der Waals surface area contributed by atoms with Crippen molar-refractivity contribution < 1.29 is 72.5 Å². The fourth-order valence-corrected chi connectivity index (χ4v) is 6.37. The van der Waals surface area contributed by atoms with Crippen LogP contribution in [0.3, 0.4) is 0 Å². The van der Waals surface area contributed by atoms with Crippen LogP contribution in [0.5, 0.6) is 0 Å². The molecule has 0 radical (unpaired) electrons. The Labute approximate surface area is 387 Å².